The van der Waals surface area contributed by atoms with Crippen LogP contribution < -0.4 is 0 Å². The Morgan fingerprint density at radius 3 is 2.43 bits per heavy atom. The SMILES string of the molecule is CN(C)CC(Cc1ccccc1)SF. The van der Waals surface area contributed by atoms with Gasteiger partial charge in [-0.2, -0.15) is 3.89 Å². The topological polar surface area (TPSA) is 3.24 Å². The van der Waals surface area contributed by atoms with Gasteiger partial charge in [-0.05, 0) is 26.1 Å². The second-order valence-corrected chi connectivity index (χ2v) is 4.51. The number of hydrogen-bond acceptors (Lipinski definition) is 2. The highest BCUT2D eigenvalue weighted by atomic mass is 32.2. The lowest BCUT2D eigenvalue weighted by Crippen LogP contribution is -2.24. The molecule has 3 heteroatoms. The van der Waals surface area contributed by atoms with Crippen molar-refractivity contribution in [2.45, 2.75) is 11.7 Å². The van der Waals surface area contributed by atoms with Gasteiger partial charge in [-0.3, -0.25) is 0 Å². The van der Waals surface area contributed by atoms with Crippen LogP contribution in [0.4, 0.5) is 3.89 Å². The summed E-state index contributed by atoms with van der Waals surface area (Å²) < 4.78 is 12.6. The van der Waals surface area contributed by atoms with Crippen molar-refractivity contribution in [1.82, 2.24) is 4.90 Å². The largest absolute Gasteiger partial charge is 0.308 e. The van der Waals surface area contributed by atoms with Crippen LogP contribution in [0.25, 0.3) is 0 Å². The van der Waals surface area contributed by atoms with Crippen LogP contribution in [0.1, 0.15) is 5.56 Å². The third-order valence-electron chi connectivity index (χ3n) is 2.00. The molecule has 0 amide bonds. The highest BCUT2D eigenvalue weighted by molar-refractivity contribution is 7.94. The predicted octanol–water partition coefficient (Wildman–Crippen LogP) is 2.78. The average molecular weight is 213 g/mol. The molecule has 0 aromatic heterocycles. The van der Waals surface area contributed by atoms with Crippen LogP contribution in [0.15, 0.2) is 30.3 Å². The smallest absolute Gasteiger partial charge is 0.0531 e. The number of hydrogen-bond donors (Lipinski definition) is 0. The molecule has 0 spiro atoms. The summed E-state index contributed by atoms with van der Waals surface area (Å²) in [6, 6.07) is 10.0. The monoisotopic (exact) mass is 213 g/mol. The third-order valence-corrected chi connectivity index (χ3v) is 2.57. The van der Waals surface area contributed by atoms with E-state index in [-0.39, 0.29) is 5.25 Å². The van der Waals surface area contributed by atoms with Crippen LogP contribution in [-0.2, 0) is 6.42 Å². The molecule has 0 aliphatic heterocycles. The molecular formula is C11H16FNS. The lowest BCUT2D eigenvalue weighted by molar-refractivity contribution is 0.404. The Hall–Kier alpha value is -0.540. The molecule has 78 valence electrons. The maximum atomic E-state index is 12.6. The van der Waals surface area contributed by atoms with Crippen LogP contribution in [0, 0.1) is 0 Å². The molecule has 1 unspecified atom stereocenters. The Bertz CT molecular complexity index is 251. The molecule has 0 N–H and O–H groups in total. The van der Waals surface area contributed by atoms with Gasteiger partial charge in [0.25, 0.3) is 0 Å². The Morgan fingerprint density at radius 2 is 1.93 bits per heavy atom. The summed E-state index contributed by atoms with van der Waals surface area (Å²) in [4.78, 5) is 2.01. The molecule has 0 fully saturated rings. The standard InChI is InChI=1S/C11H16FNS/c1-13(2)9-11(14-12)8-10-6-4-3-5-7-10/h3-7,11H,8-9H2,1-2H3. The summed E-state index contributed by atoms with van der Waals surface area (Å²) in [6.45, 7) is 0.774. The first-order valence-electron chi connectivity index (χ1n) is 4.68. The number of benzene rings is 1. The zero-order valence-corrected chi connectivity index (χ0v) is 9.43. The van der Waals surface area contributed by atoms with E-state index in [2.05, 4.69) is 0 Å². The first kappa shape index (κ1) is 11.5. The van der Waals surface area contributed by atoms with Gasteiger partial charge >= 0.3 is 0 Å². The van der Waals surface area contributed by atoms with Crippen molar-refractivity contribution in [2.75, 3.05) is 20.6 Å². The maximum Gasteiger partial charge on any atom is 0.0531 e. The number of halogens is 1. The van der Waals surface area contributed by atoms with Crippen molar-refractivity contribution in [3.8, 4) is 0 Å². The van der Waals surface area contributed by atoms with E-state index >= 15 is 0 Å². The zero-order chi connectivity index (χ0) is 10.4. The van der Waals surface area contributed by atoms with Crippen molar-refractivity contribution in [3.63, 3.8) is 0 Å². The van der Waals surface area contributed by atoms with Crippen LogP contribution >= 0.6 is 12.1 Å². The summed E-state index contributed by atoms with van der Waals surface area (Å²) in [5.41, 5.74) is 1.20. The van der Waals surface area contributed by atoms with Gasteiger partial charge in [0, 0.05) is 18.7 Å². The number of rotatable bonds is 5. The molecular weight excluding hydrogens is 197 g/mol. The third kappa shape index (κ3) is 4.11. The minimum Gasteiger partial charge on any atom is -0.308 e. The zero-order valence-electron chi connectivity index (χ0n) is 8.61. The summed E-state index contributed by atoms with van der Waals surface area (Å²) in [6.07, 6.45) is 0.792. The van der Waals surface area contributed by atoms with Gasteiger partial charge in [0.15, 0.2) is 0 Å². The van der Waals surface area contributed by atoms with Crippen LogP contribution in [-0.4, -0.2) is 30.8 Å². The van der Waals surface area contributed by atoms with E-state index in [1.54, 1.807) is 0 Å². The normalized spacial score (nSPS) is 13.1. The molecule has 0 saturated carbocycles. The minimum absolute atomic E-state index is 0.0346. The van der Waals surface area contributed by atoms with Crippen molar-refractivity contribution < 1.29 is 3.89 Å². The molecule has 0 heterocycles. The van der Waals surface area contributed by atoms with Crippen LogP contribution in [0.3, 0.4) is 0 Å². The van der Waals surface area contributed by atoms with Crippen molar-refractivity contribution >= 4 is 12.1 Å². The molecule has 0 saturated heterocycles. The average Bonchev–Trinajstić information content (AvgIpc) is 2.17. The van der Waals surface area contributed by atoms with Crippen molar-refractivity contribution in [3.05, 3.63) is 35.9 Å². The van der Waals surface area contributed by atoms with Gasteiger partial charge in [-0.25, -0.2) is 0 Å². The first-order valence-corrected chi connectivity index (χ1v) is 5.46. The van der Waals surface area contributed by atoms with E-state index in [9.17, 15) is 3.89 Å². The van der Waals surface area contributed by atoms with E-state index in [0.717, 1.165) is 13.0 Å². The van der Waals surface area contributed by atoms with Crippen molar-refractivity contribution in [1.29, 1.82) is 0 Å². The molecule has 0 aliphatic rings. The van der Waals surface area contributed by atoms with E-state index in [1.807, 2.05) is 49.3 Å². The van der Waals surface area contributed by atoms with Crippen LogP contribution in [0.2, 0.25) is 0 Å². The second-order valence-electron chi connectivity index (χ2n) is 3.66. The maximum absolute atomic E-state index is 12.6. The minimum atomic E-state index is 0.0346. The molecule has 1 atom stereocenters. The fourth-order valence-electron chi connectivity index (χ4n) is 1.41. The van der Waals surface area contributed by atoms with Gasteiger partial charge in [-0.15, -0.1) is 0 Å². The second kappa shape index (κ2) is 6.04. The lowest BCUT2D eigenvalue weighted by atomic mass is 10.1. The quantitative estimate of drug-likeness (QED) is 0.740. The first-order chi connectivity index (χ1) is 6.72. The van der Waals surface area contributed by atoms with Gasteiger partial charge in [-0.1, -0.05) is 30.3 Å². The molecule has 14 heavy (non-hydrogen) atoms. The highest BCUT2D eigenvalue weighted by Gasteiger charge is 2.11. The van der Waals surface area contributed by atoms with E-state index in [4.69, 9.17) is 0 Å². The van der Waals surface area contributed by atoms with E-state index in [0.29, 0.717) is 12.1 Å². The fourth-order valence-corrected chi connectivity index (χ4v) is 2.02. The van der Waals surface area contributed by atoms with Crippen LogP contribution in [0.5, 0.6) is 0 Å². The van der Waals surface area contributed by atoms with Gasteiger partial charge < -0.3 is 4.90 Å². The fraction of sp³-hybridized carbons (Fsp3) is 0.455. The Kier molecular flexibility index (Phi) is 4.98. The van der Waals surface area contributed by atoms with E-state index in [1.165, 1.54) is 5.56 Å². The molecule has 0 aliphatic carbocycles. The molecule has 0 radical (unpaired) electrons. The lowest BCUT2D eigenvalue weighted by Gasteiger charge is -2.16. The molecule has 1 aromatic rings. The predicted molar refractivity (Wildman–Crippen MR) is 61.2 cm³/mol. The van der Waals surface area contributed by atoms with Gasteiger partial charge in [0.05, 0.1) is 5.25 Å². The Labute approximate surface area is 89.6 Å². The molecule has 1 nitrogen and oxygen atoms in total. The summed E-state index contributed by atoms with van der Waals surface area (Å²) in [7, 11) is 3.93. The Morgan fingerprint density at radius 1 is 1.29 bits per heavy atom. The van der Waals surface area contributed by atoms with Gasteiger partial charge in [0.1, 0.15) is 0 Å². The Balaban J connectivity index is 2.48. The van der Waals surface area contributed by atoms with Gasteiger partial charge in [0.2, 0.25) is 0 Å². The number of nitrogens with zero attached hydrogens (tertiary/aromatic N) is 1. The van der Waals surface area contributed by atoms with Crippen molar-refractivity contribution in [2.24, 2.45) is 0 Å². The van der Waals surface area contributed by atoms with E-state index < -0.39 is 0 Å². The summed E-state index contributed by atoms with van der Waals surface area (Å²) >= 11 is 0.451. The summed E-state index contributed by atoms with van der Waals surface area (Å²) in [5, 5.41) is 0.0346. The molecule has 1 aromatic carbocycles. The molecule has 0 bridgehead atoms. The molecule has 1 rings (SSSR count). The highest BCUT2D eigenvalue weighted by Crippen LogP contribution is 2.17. The summed E-state index contributed by atoms with van der Waals surface area (Å²) in [5.74, 6) is 0.